The quantitative estimate of drug-likeness (QED) is 0.766. The molecule has 4 nitrogen and oxygen atoms in total. The number of hydrogen-bond donors (Lipinski definition) is 1. The van der Waals surface area contributed by atoms with Gasteiger partial charge in [0.25, 0.3) is 0 Å². The lowest BCUT2D eigenvalue weighted by molar-refractivity contribution is -0.150. The van der Waals surface area contributed by atoms with E-state index in [1.807, 2.05) is 0 Å². The Morgan fingerprint density at radius 3 is 2.41 bits per heavy atom. The van der Waals surface area contributed by atoms with Gasteiger partial charge in [-0.05, 0) is 38.0 Å². The summed E-state index contributed by atoms with van der Waals surface area (Å²) in [6, 6.07) is 0. The Kier molecular flexibility index (Phi) is 4.55. The highest BCUT2D eigenvalue weighted by Crippen LogP contribution is 2.36. The zero-order valence-electron chi connectivity index (χ0n) is 11.4. The third-order valence-electron chi connectivity index (χ3n) is 3.56. The van der Waals surface area contributed by atoms with E-state index in [4.69, 9.17) is 10.5 Å². The van der Waals surface area contributed by atoms with E-state index in [1.54, 1.807) is 6.92 Å². The molecule has 100 valence electrons. The molecule has 1 saturated carbocycles. The Morgan fingerprint density at radius 1 is 1.41 bits per heavy atom. The fourth-order valence-corrected chi connectivity index (χ4v) is 2.12. The molecule has 0 aromatic rings. The maximum absolute atomic E-state index is 11.4. The van der Waals surface area contributed by atoms with Gasteiger partial charge in [-0.3, -0.25) is 0 Å². The lowest BCUT2D eigenvalue weighted by atomic mass is 9.76. The second kappa shape index (κ2) is 5.36. The fraction of sp³-hybridized carbons (Fsp3) is 0.923. The zero-order valence-corrected chi connectivity index (χ0v) is 11.4. The van der Waals surface area contributed by atoms with Crippen molar-refractivity contribution in [3.8, 4) is 0 Å². The molecule has 0 aromatic heterocycles. The van der Waals surface area contributed by atoms with Crippen LogP contribution in [0, 0.1) is 5.41 Å². The molecule has 1 aliphatic rings. The van der Waals surface area contributed by atoms with E-state index >= 15 is 0 Å². The summed E-state index contributed by atoms with van der Waals surface area (Å²) in [6.45, 7) is 6.44. The van der Waals surface area contributed by atoms with Gasteiger partial charge in [-0.25, -0.2) is 4.79 Å². The first-order valence-corrected chi connectivity index (χ1v) is 6.26. The highest BCUT2D eigenvalue weighted by molar-refractivity contribution is 5.80. The Balaban J connectivity index is 2.35. The van der Waals surface area contributed by atoms with E-state index < -0.39 is 11.5 Å². The number of methoxy groups -OCH3 is 1. The van der Waals surface area contributed by atoms with Crippen molar-refractivity contribution in [3.63, 3.8) is 0 Å². The summed E-state index contributed by atoms with van der Waals surface area (Å²) in [5, 5.41) is 0. The molecule has 0 spiro atoms. The molecule has 1 unspecified atom stereocenters. The van der Waals surface area contributed by atoms with E-state index in [9.17, 15) is 4.79 Å². The van der Waals surface area contributed by atoms with Crippen LogP contribution in [-0.2, 0) is 14.3 Å². The summed E-state index contributed by atoms with van der Waals surface area (Å²) >= 11 is 0. The zero-order chi connectivity index (χ0) is 13.1. The molecule has 0 heterocycles. The molecule has 0 aromatic carbocycles. The molecule has 1 aliphatic carbocycles. The Bertz CT molecular complexity index is 264. The Labute approximate surface area is 104 Å². The van der Waals surface area contributed by atoms with Gasteiger partial charge < -0.3 is 15.2 Å². The van der Waals surface area contributed by atoms with Crippen LogP contribution in [0.2, 0.25) is 0 Å². The number of nitrogens with two attached hydrogens (primary N) is 1. The highest BCUT2D eigenvalue weighted by Gasteiger charge is 2.33. The molecule has 1 fully saturated rings. The van der Waals surface area contributed by atoms with Gasteiger partial charge in [-0.1, -0.05) is 13.8 Å². The average molecular weight is 243 g/mol. The normalized spacial score (nSPS) is 24.1. The van der Waals surface area contributed by atoms with Gasteiger partial charge >= 0.3 is 5.97 Å². The second-order valence-electron chi connectivity index (χ2n) is 6.08. The van der Waals surface area contributed by atoms with Crippen molar-refractivity contribution in [2.75, 3.05) is 13.7 Å². The molecule has 0 saturated heterocycles. The molecular weight excluding hydrogens is 218 g/mol. The number of carbonyl (C=O) groups excluding carboxylic acids is 1. The van der Waals surface area contributed by atoms with Crippen molar-refractivity contribution in [1.82, 2.24) is 0 Å². The summed E-state index contributed by atoms with van der Waals surface area (Å²) in [7, 11) is 1.34. The minimum absolute atomic E-state index is 0.227. The van der Waals surface area contributed by atoms with Gasteiger partial charge in [-0.2, -0.15) is 0 Å². The Morgan fingerprint density at radius 2 is 1.94 bits per heavy atom. The van der Waals surface area contributed by atoms with Crippen LogP contribution in [0.3, 0.4) is 0 Å². The number of ether oxygens (including phenoxy) is 2. The van der Waals surface area contributed by atoms with Crippen LogP contribution in [0.5, 0.6) is 0 Å². The minimum Gasteiger partial charge on any atom is -0.468 e. The first-order chi connectivity index (χ1) is 7.77. The van der Waals surface area contributed by atoms with E-state index in [0.717, 1.165) is 25.7 Å². The second-order valence-corrected chi connectivity index (χ2v) is 6.08. The maximum Gasteiger partial charge on any atom is 0.327 e. The largest absolute Gasteiger partial charge is 0.468 e. The third-order valence-corrected chi connectivity index (χ3v) is 3.56. The van der Waals surface area contributed by atoms with Crippen molar-refractivity contribution in [2.45, 2.75) is 58.1 Å². The van der Waals surface area contributed by atoms with Gasteiger partial charge in [0.05, 0.1) is 19.8 Å². The van der Waals surface area contributed by atoms with Gasteiger partial charge in [0, 0.05) is 0 Å². The van der Waals surface area contributed by atoms with E-state index in [2.05, 4.69) is 18.6 Å². The maximum atomic E-state index is 11.4. The molecule has 17 heavy (non-hydrogen) atoms. The number of rotatable bonds is 4. The third kappa shape index (κ3) is 4.28. The smallest absolute Gasteiger partial charge is 0.327 e. The van der Waals surface area contributed by atoms with Crippen molar-refractivity contribution in [3.05, 3.63) is 0 Å². The van der Waals surface area contributed by atoms with Crippen LogP contribution in [0.1, 0.15) is 46.5 Å². The molecule has 1 atom stereocenters. The summed E-state index contributed by atoms with van der Waals surface area (Å²) in [6.07, 6.45) is 4.65. The topological polar surface area (TPSA) is 61.5 Å². The molecule has 2 N–H and O–H groups in total. The van der Waals surface area contributed by atoms with E-state index in [0.29, 0.717) is 5.41 Å². The molecule has 0 bridgehead atoms. The van der Waals surface area contributed by atoms with Crippen LogP contribution >= 0.6 is 0 Å². The molecular formula is C13H25NO3. The molecule has 1 rings (SSSR count). The number of esters is 1. The van der Waals surface area contributed by atoms with Gasteiger partial charge in [0.1, 0.15) is 5.54 Å². The average Bonchev–Trinajstić information content (AvgIpc) is 2.26. The summed E-state index contributed by atoms with van der Waals surface area (Å²) < 4.78 is 10.4. The van der Waals surface area contributed by atoms with Gasteiger partial charge in [0.2, 0.25) is 0 Å². The van der Waals surface area contributed by atoms with Crippen LogP contribution in [0.25, 0.3) is 0 Å². The van der Waals surface area contributed by atoms with Crippen LogP contribution in [0.15, 0.2) is 0 Å². The van der Waals surface area contributed by atoms with Crippen molar-refractivity contribution >= 4 is 5.97 Å². The first kappa shape index (κ1) is 14.5. The molecule has 0 aliphatic heterocycles. The summed E-state index contributed by atoms with van der Waals surface area (Å²) in [5.74, 6) is -0.423. The molecule has 0 amide bonds. The minimum atomic E-state index is -1.04. The standard InChI is InChI=1S/C13H25NO3/c1-12(2)7-5-10(6-8-12)17-9-13(3,14)11(15)16-4/h10H,5-9,14H2,1-4H3. The lowest BCUT2D eigenvalue weighted by Gasteiger charge is -2.35. The summed E-state index contributed by atoms with van der Waals surface area (Å²) in [4.78, 5) is 11.4. The lowest BCUT2D eigenvalue weighted by Crippen LogP contribution is -2.50. The number of carbonyl (C=O) groups is 1. The van der Waals surface area contributed by atoms with Crippen LogP contribution < -0.4 is 5.73 Å². The molecule has 4 heteroatoms. The van der Waals surface area contributed by atoms with Crippen LogP contribution in [0.4, 0.5) is 0 Å². The van der Waals surface area contributed by atoms with E-state index in [1.165, 1.54) is 7.11 Å². The summed E-state index contributed by atoms with van der Waals surface area (Å²) in [5.41, 5.74) is 5.23. The van der Waals surface area contributed by atoms with Gasteiger partial charge in [-0.15, -0.1) is 0 Å². The Hall–Kier alpha value is -0.610. The van der Waals surface area contributed by atoms with E-state index in [-0.39, 0.29) is 12.7 Å². The fourth-order valence-electron chi connectivity index (χ4n) is 2.12. The highest BCUT2D eigenvalue weighted by atomic mass is 16.5. The predicted octanol–water partition coefficient (Wildman–Crippen LogP) is 1.86. The monoisotopic (exact) mass is 243 g/mol. The first-order valence-electron chi connectivity index (χ1n) is 6.26. The van der Waals surface area contributed by atoms with Crippen molar-refractivity contribution in [1.29, 1.82) is 0 Å². The SMILES string of the molecule is COC(=O)C(C)(N)COC1CCC(C)(C)CC1. The molecule has 0 radical (unpaired) electrons. The van der Waals surface area contributed by atoms with Crippen molar-refractivity contribution in [2.24, 2.45) is 11.1 Å². The number of hydrogen-bond acceptors (Lipinski definition) is 4. The van der Waals surface area contributed by atoms with Crippen molar-refractivity contribution < 1.29 is 14.3 Å². The predicted molar refractivity (Wildman–Crippen MR) is 66.6 cm³/mol. The van der Waals surface area contributed by atoms with Gasteiger partial charge in [0.15, 0.2) is 0 Å². The van der Waals surface area contributed by atoms with Crippen LogP contribution in [-0.4, -0.2) is 31.3 Å².